The van der Waals surface area contributed by atoms with Gasteiger partial charge in [-0.3, -0.25) is 0 Å². The fourth-order valence-electron chi connectivity index (χ4n) is 1.68. The molecule has 0 amide bonds. The fraction of sp³-hybridized carbons (Fsp3) is 0.400. The maximum Gasteiger partial charge on any atom is 0.0609 e. The van der Waals surface area contributed by atoms with E-state index in [1.165, 1.54) is 0 Å². The molecule has 1 nitrogen and oxygen atoms in total. The molecule has 1 aliphatic carbocycles. The first-order valence-electron chi connectivity index (χ1n) is 4.32. The van der Waals surface area contributed by atoms with Crippen molar-refractivity contribution in [1.82, 2.24) is 0 Å². The minimum Gasteiger partial charge on any atom is -0.392 e. The highest BCUT2D eigenvalue weighted by molar-refractivity contribution is 9.10. The lowest BCUT2D eigenvalue weighted by Crippen LogP contribution is -2.29. The first-order valence-corrected chi connectivity index (χ1v) is 5.49. The number of aliphatic hydroxyl groups excluding tert-OH is 1. The molecule has 0 aliphatic heterocycles. The van der Waals surface area contributed by atoms with Gasteiger partial charge in [-0.15, -0.1) is 0 Å². The van der Waals surface area contributed by atoms with Crippen LogP contribution in [-0.2, 0) is 0 Å². The Morgan fingerprint density at radius 2 is 2.15 bits per heavy atom. The number of hydrogen-bond donors (Lipinski definition) is 1. The molecule has 0 aromatic heterocycles. The molecule has 1 aliphatic rings. The summed E-state index contributed by atoms with van der Waals surface area (Å²) in [4.78, 5) is 0. The predicted octanol–water partition coefficient (Wildman–Crippen LogP) is 3.34. The zero-order valence-electron chi connectivity index (χ0n) is 7.00. The molecule has 1 aromatic carbocycles. The van der Waals surface area contributed by atoms with Gasteiger partial charge in [0.2, 0.25) is 0 Å². The monoisotopic (exact) mass is 260 g/mol. The molecule has 0 heterocycles. The van der Waals surface area contributed by atoms with Crippen molar-refractivity contribution in [3.05, 3.63) is 33.3 Å². The van der Waals surface area contributed by atoms with Gasteiger partial charge in [0, 0.05) is 15.4 Å². The van der Waals surface area contributed by atoms with Crippen LogP contribution in [0.1, 0.15) is 24.3 Å². The van der Waals surface area contributed by atoms with Crippen LogP contribution < -0.4 is 0 Å². The first-order chi connectivity index (χ1) is 6.20. The van der Waals surface area contributed by atoms with E-state index in [0.717, 1.165) is 27.9 Å². The topological polar surface area (TPSA) is 20.2 Å². The Labute approximate surface area is 90.9 Å². The molecule has 1 N–H and O–H groups in total. The van der Waals surface area contributed by atoms with Crippen molar-refractivity contribution in [2.24, 2.45) is 0 Å². The van der Waals surface area contributed by atoms with Gasteiger partial charge in [0.05, 0.1) is 6.10 Å². The Balaban J connectivity index is 2.38. The van der Waals surface area contributed by atoms with Crippen LogP contribution in [0.4, 0.5) is 0 Å². The number of benzene rings is 1. The van der Waals surface area contributed by atoms with E-state index in [2.05, 4.69) is 15.9 Å². The average molecular weight is 262 g/mol. The molecule has 13 heavy (non-hydrogen) atoms. The zero-order valence-corrected chi connectivity index (χ0v) is 9.35. The third-order valence-electron chi connectivity index (χ3n) is 2.61. The van der Waals surface area contributed by atoms with Crippen LogP contribution in [0.5, 0.6) is 0 Å². The molecule has 1 saturated carbocycles. The summed E-state index contributed by atoms with van der Waals surface area (Å²) in [5, 5.41) is 10.3. The van der Waals surface area contributed by atoms with Crippen molar-refractivity contribution in [2.45, 2.75) is 24.9 Å². The number of hydrogen-bond acceptors (Lipinski definition) is 1. The molecule has 0 bridgehead atoms. The van der Waals surface area contributed by atoms with E-state index >= 15 is 0 Å². The highest BCUT2D eigenvalue weighted by atomic mass is 79.9. The van der Waals surface area contributed by atoms with Crippen molar-refractivity contribution in [3.8, 4) is 0 Å². The summed E-state index contributed by atoms with van der Waals surface area (Å²) in [6.45, 7) is 0. The summed E-state index contributed by atoms with van der Waals surface area (Å²) in [6.07, 6.45) is 1.71. The first kappa shape index (κ1) is 9.50. The summed E-state index contributed by atoms with van der Waals surface area (Å²) < 4.78 is 1.00. The highest BCUT2D eigenvalue weighted by Crippen LogP contribution is 2.43. The van der Waals surface area contributed by atoms with Crippen LogP contribution in [0.15, 0.2) is 22.7 Å². The Kier molecular flexibility index (Phi) is 2.63. The molecular formula is C10H10BrClO. The second kappa shape index (κ2) is 3.60. The molecule has 70 valence electrons. The highest BCUT2D eigenvalue weighted by Gasteiger charge is 2.32. The second-order valence-corrected chi connectivity index (χ2v) is 4.65. The Hall–Kier alpha value is -0.0500. The quantitative estimate of drug-likeness (QED) is 0.822. The SMILES string of the molecule is OC1CCC1c1c(Cl)cccc1Br. The largest absolute Gasteiger partial charge is 0.392 e. The van der Waals surface area contributed by atoms with Gasteiger partial charge in [0.15, 0.2) is 0 Å². The van der Waals surface area contributed by atoms with Gasteiger partial charge in [-0.25, -0.2) is 0 Å². The van der Waals surface area contributed by atoms with Gasteiger partial charge in [-0.05, 0) is 30.5 Å². The van der Waals surface area contributed by atoms with Crippen LogP contribution in [0.25, 0.3) is 0 Å². The van der Waals surface area contributed by atoms with Crippen molar-refractivity contribution in [1.29, 1.82) is 0 Å². The average Bonchev–Trinajstić information content (AvgIpc) is 2.09. The molecule has 0 radical (unpaired) electrons. The Bertz CT molecular complexity index is 306. The predicted molar refractivity (Wildman–Crippen MR) is 57.1 cm³/mol. The van der Waals surface area contributed by atoms with Gasteiger partial charge < -0.3 is 5.11 Å². The lowest BCUT2D eigenvalue weighted by atomic mass is 9.77. The van der Waals surface area contributed by atoms with Gasteiger partial charge in [-0.2, -0.15) is 0 Å². The minimum absolute atomic E-state index is 0.212. The standard InChI is InChI=1S/C10H10BrClO/c11-7-2-1-3-8(12)10(7)6-4-5-9(6)13/h1-3,6,9,13H,4-5H2. The van der Waals surface area contributed by atoms with E-state index in [9.17, 15) is 5.11 Å². The van der Waals surface area contributed by atoms with Gasteiger partial charge in [-0.1, -0.05) is 33.6 Å². The molecular weight excluding hydrogens is 251 g/mol. The third-order valence-corrected chi connectivity index (χ3v) is 3.63. The summed E-state index contributed by atoms with van der Waals surface area (Å²) in [5.74, 6) is 0.225. The van der Waals surface area contributed by atoms with Crippen LogP contribution in [0.3, 0.4) is 0 Å². The summed E-state index contributed by atoms with van der Waals surface area (Å²) in [6, 6.07) is 5.74. The summed E-state index contributed by atoms with van der Waals surface area (Å²) in [7, 11) is 0. The van der Waals surface area contributed by atoms with Crippen LogP contribution in [0.2, 0.25) is 5.02 Å². The van der Waals surface area contributed by atoms with E-state index in [1.54, 1.807) is 0 Å². The maximum atomic E-state index is 9.53. The Morgan fingerprint density at radius 1 is 1.38 bits per heavy atom. The molecule has 1 fully saturated rings. The molecule has 0 spiro atoms. The number of rotatable bonds is 1. The minimum atomic E-state index is -0.212. The van der Waals surface area contributed by atoms with Crippen LogP contribution in [-0.4, -0.2) is 11.2 Å². The van der Waals surface area contributed by atoms with Crippen LogP contribution >= 0.6 is 27.5 Å². The van der Waals surface area contributed by atoms with E-state index in [-0.39, 0.29) is 12.0 Å². The lowest BCUT2D eigenvalue weighted by Gasteiger charge is -2.33. The van der Waals surface area contributed by atoms with Crippen molar-refractivity contribution in [3.63, 3.8) is 0 Å². The second-order valence-electron chi connectivity index (χ2n) is 3.39. The van der Waals surface area contributed by atoms with E-state index in [1.807, 2.05) is 18.2 Å². The van der Waals surface area contributed by atoms with Gasteiger partial charge in [0.25, 0.3) is 0 Å². The zero-order chi connectivity index (χ0) is 9.42. The number of halogens is 2. The fourth-order valence-corrected chi connectivity index (χ4v) is 2.77. The van der Waals surface area contributed by atoms with Crippen molar-refractivity contribution >= 4 is 27.5 Å². The third kappa shape index (κ3) is 1.63. The van der Waals surface area contributed by atoms with Crippen molar-refractivity contribution in [2.75, 3.05) is 0 Å². The summed E-state index contributed by atoms with van der Waals surface area (Å²) >= 11 is 9.52. The van der Waals surface area contributed by atoms with Crippen molar-refractivity contribution < 1.29 is 5.11 Å². The normalized spacial score (nSPS) is 27.0. The molecule has 3 heteroatoms. The van der Waals surface area contributed by atoms with E-state index in [0.29, 0.717) is 0 Å². The lowest BCUT2D eigenvalue weighted by molar-refractivity contribution is 0.0658. The van der Waals surface area contributed by atoms with Crippen LogP contribution in [0, 0.1) is 0 Å². The molecule has 2 unspecified atom stereocenters. The van der Waals surface area contributed by atoms with Gasteiger partial charge >= 0.3 is 0 Å². The molecule has 1 aromatic rings. The molecule has 0 saturated heterocycles. The molecule has 2 atom stereocenters. The van der Waals surface area contributed by atoms with E-state index in [4.69, 9.17) is 11.6 Å². The molecule has 2 rings (SSSR count). The summed E-state index contributed by atoms with van der Waals surface area (Å²) in [5.41, 5.74) is 1.06. The number of aliphatic hydroxyl groups is 1. The van der Waals surface area contributed by atoms with E-state index < -0.39 is 0 Å². The maximum absolute atomic E-state index is 9.53. The van der Waals surface area contributed by atoms with Gasteiger partial charge in [0.1, 0.15) is 0 Å². The Morgan fingerprint density at radius 3 is 2.62 bits per heavy atom. The smallest absolute Gasteiger partial charge is 0.0609 e.